The van der Waals surface area contributed by atoms with Crippen LogP contribution in [0.4, 0.5) is 5.82 Å². The molecular weight excluding hydrogens is 310 g/mol. The van der Waals surface area contributed by atoms with Crippen molar-refractivity contribution in [1.82, 2.24) is 9.97 Å². The third-order valence-corrected chi connectivity index (χ3v) is 3.15. The Labute approximate surface area is 117 Å². The van der Waals surface area contributed by atoms with Crippen molar-refractivity contribution in [1.29, 1.82) is 0 Å². The molecular formula is C13H10BrN3O2. The Morgan fingerprint density at radius 2 is 2.21 bits per heavy atom. The first-order chi connectivity index (χ1) is 9.19. The molecule has 0 spiro atoms. The van der Waals surface area contributed by atoms with Crippen molar-refractivity contribution < 1.29 is 9.15 Å². The number of methoxy groups -OCH3 is 1. The van der Waals surface area contributed by atoms with Crippen LogP contribution in [0.15, 0.2) is 39.4 Å². The minimum Gasteiger partial charge on any atom is -0.494 e. The fourth-order valence-electron chi connectivity index (χ4n) is 1.82. The van der Waals surface area contributed by atoms with Gasteiger partial charge in [0.05, 0.1) is 12.7 Å². The maximum atomic E-state index is 5.85. The predicted octanol–water partition coefficient (Wildman–Crippen LogP) is 3.24. The number of nitrogens with zero attached hydrogens (tertiary/aromatic N) is 2. The number of para-hydroxylation sites is 1. The molecule has 0 atom stereocenters. The number of rotatable bonds is 2. The average molecular weight is 320 g/mol. The molecule has 19 heavy (non-hydrogen) atoms. The van der Waals surface area contributed by atoms with E-state index in [1.165, 1.54) is 0 Å². The molecule has 0 radical (unpaired) electrons. The number of hydrogen-bond acceptors (Lipinski definition) is 5. The summed E-state index contributed by atoms with van der Waals surface area (Å²) in [6.07, 6.45) is 1.63. The maximum absolute atomic E-state index is 5.85. The van der Waals surface area contributed by atoms with Gasteiger partial charge >= 0.3 is 0 Å². The number of nitrogens with two attached hydrogens (primary N) is 1. The molecule has 0 aliphatic carbocycles. The molecule has 0 fully saturated rings. The smallest absolute Gasteiger partial charge is 0.231 e. The Balaban J connectivity index is 2.23. The van der Waals surface area contributed by atoms with Gasteiger partial charge in [-0.25, -0.2) is 9.97 Å². The number of aromatic nitrogens is 2. The lowest BCUT2D eigenvalue weighted by atomic mass is 10.2. The maximum Gasteiger partial charge on any atom is 0.231 e. The van der Waals surface area contributed by atoms with Gasteiger partial charge in [-0.3, -0.25) is 0 Å². The summed E-state index contributed by atoms with van der Waals surface area (Å²) >= 11 is 3.35. The van der Waals surface area contributed by atoms with E-state index in [2.05, 4.69) is 25.9 Å². The number of nitrogen functional groups attached to an aromatic ring is 1. The molecule has 3 aromatic rings. The van der Waals surface area contributed by atoms with E-state index in [-0.39, 0.29) is 0 Å². The van der Waals surface area contributed by atoms with Crippen molar-refractivity contribution in [2.75, 3.05) is 12.8 Å². The lowest BCUT2D eigenvalue weighted by Crippen LogP contribution is -1.93. The summed E-state index contributed by atoms with van der Waals surface area (Å²) < 4.78 is 11.8. The van der Waals surface area contributed by atoms with Gasteiger partial charge in [-0.05, 0) is 34.1 Å². The number of hydrogen-bond donors (Lipinski definition) is 1. The number of anilines is 1. The number of halogens is 1. The lowest BCUT2D eigenvalue weighted by Gasteiger charge is -2.00. The average Bonchev–Trinajstić information content (AvgIpc) is 2.85. The van der Waals surface area contributed by atoms with Gasteiger partial charge in [0.15, 0.2) is 11.1 Å². The van der Waals surface area contributed by atoms with Gasteiger partial charge in [0.2, 0.25) is 5.89 Å². The van der Waals surface area contributed by atoms with Crippen LogP contribution in [-0.2, 0) is 0 Å². The highest BCUT2D eigenvalue weighted by molar-refractivity contribution is 9.10. The van der Waals surface area contributed by atoms with E-state index in [1.807, 2.05) is 24.3 Å². The SMILES string of the molecule is COc1cccc2oc(-c3cc(Br)cnc3N)nc12. The number of ether oxygens (including phenoxy) is 1. The molecule has 0 unspecified atom stereocenters. The van der Waals surface area contributed by atoms with Crippen LogP contribution in [-0.4, -0.2) is 17.1 Å². The van der Waals surface area contributed by atoms with Crippen molar-refractivity contribution in [3.05, 3.63) is 34.9 Å². The van der Waals surface area contributed by atoms with Crippen LogP contribution >= 0.6 is 15.9 Å². The van der Waals surface area contributed by atoms with E-state index < -0.39 is 0 Å². The van der Waals surface area contributed by atoms with Gasteiger partial charge in [0.1, 0.15) is 11.6 Å². The number of benzene rings is 1. The molecule has 2 aromatic heterocycles. The molecule has 5 nitrogen and oxygen atoms in total. The summed E-state index contributed by atoms with van der Waals surface area (Å²) in [5.41, 5.74) is 7.81. The van der Waals surface area contributed by atoms with Gasteiger partial charge in [-0.15, -0.1) is 0 Å². The third kappa shape index (κ3) is 2.04. The summed E-state index contributed by atoms with van der Waals surface area (Å²) in [6.45, 7) is 0. The summed E-state index contributed by atoms with van der Waals surface area (Å²) in [6, 6.07) is 7.32. The first-order valence-electron chi connectivity index (χ1n) is 5.54. The van der Waals surface area contributed by atoms with Crippen LogP contribution in [0.2, 0.25) is 0 Å². The van der Waals surface area contributed by atoms with Gasteiger partial charge in [-0.1, -0.05) is 6.07 Å². The van der Waals surface area contributed by atoms with Crippen LogP contribution < -0.4 is 10.5 Å². The zero-order valence-electron chi connectivity index (χ0n) is 10.1. The van der Waals surface area contributed by atoms with Crippen LogP contribution in [0.3, 0.4) is 0 Å². The second-order valence-corrected chi connectivity index (χ2v) is 4.83. The molecule has 0 saturated heterocycles. The van der Waals surface area contributed by atoms with E-state index in [1.54, 1.807) is 13.3 Å². The Morgan fingerprint density at radius 3 is 3.00 bits per heavy atom. The van der Waals surface area contributed by atoms with Crippen molar-refractivity contribution in [2.45, 2.75) is 0 Å². The van der Waals surface area contributed by atoms with E-state index >= 15 is 0 Å². The van der Waals surface area contributed by atoms with E-state index in [0.29, 0.717) is 34.1 Å². The second-order valence-electron chi connectivity index (χ2n) is 3.91. The summed E-state index contributed by atoms with van der Waals surface area (Å²) in [5.74, 6) is 1.45. The minimum absolute atomic E-state index is 0.369. The Kier molecular flexibility index (Phi) is 2.87. The molecule has 0 bridgehead atoms. The second kappa shape index (κ2) is 4.55. The number of fused-ring (bicyclic) bond motifs is 1. The van der Waals surface area contributed by atoms with E-state index in [9.17, 15) is 0 Å². The van der Waals surface area contributed by atoms with E-state index in [0.717, 1.165) is 4.47 Å². The fraction of sp³-hybridized carbons (Fsp3) is 0.0769. The summed E-state index contributed by atoms with van der Waals surface area (Å²) in [7, 11) is 1.60. The molecule has 6 heteroatoms. The highest BCUT2D eigenvalue weighted by Gasteiger charge is 2.14. The van der Waals surface area contributed by atoms with Crippen molar-refractivity contribution in [2.24, 2.45) is 0 Å². The molecule has 0 aliphatic heterocycles. The molecule has 2 N–H and O–H groups in total. The molecule has 0 aliphatic rings. The fourth-order valence-corrected chi connectivity index (χ4v) is 2.16. The van der Waals surface area contributed by atoms with Gasteiger partial charge in [-0.2, -0.15) is 0 Å². The predicted molar refractivity (Wildman–Crippen MR) is 75.9 cm³/mol. The lowest BCUT2D eigenvalue weighted by molar-refractivity contribution is 0.419. The minimum atomic E-state index is 0.369. The number of pyridine rings is 1. The molecule has 0 amide bonds. The molecule has 3 rings (SSSR count). The van der Waals surface area contributed by atoms with Crippen LogP contribution in [0.25, 0.3) is 22.6 Å². The van der Waals surface area contributed by atoms with Gasteiger partial charge < -0.3 is 14.9 Å². The van der Waals surface area contributed by atoms with Crippen LogP contribution in [0, 0.1) is 0 Å². The van der Waals surface area contributed by atoms with Crippen molar-refractivity contribution in [3.63, 3.8) is 0 Å². The molecule has 1 aromatic carbocycles. The van der Waals surface area contributed by atoms with Gasteiger partial charge in [0.25, 0.3) is 0 Å². The first kappa shape index (κ1) is 12.0. The molecule has 0 saturated carbocycles. The van der Waals surface area contributed by atoms with Crippen molar-refractivity contribution in [3.8, 4) is 17.2 Å². The highest BCUT2D eigenvalue weighted by atomic mass is 79.9. The normalized spacial score (nSPS) is 10.8. The largest absolute Gasteiger partial charge is 0.494 e. The van der Waals surface area contributed by atoms with E-state index in [4.69, 9.17) is 14.9 Å². The summed E-state index contributed by atoms with van der Waals surface area (Å²) in [5, 5.41) is 0. The Bertz CT molecular complexity index is 755. The quantitative estimate of drug-likeness (QED) is 0.784. The molecule has 2 heterocycles. The van der Waals surface area contributed by atoms with Crippen LogP contribution in [0.1, 0.15) is 0 Å². The van der Waals surface area contributed by atoms with Crippen LogP contribution in [0.5, 0.6) is 5.75 Å². The summed E-state index contributed by atoms with van der Waals surface area (Å²) in [4.78, 5) is 8.49. The topological polar surface area (TPSA) is 74.2 Å². The Morgan fingerprint density at radius 1 is 1.37 bits per heavy atom. The molecule has 96 valence electrons. The van der Waals surface area contributed by atoms with Gasteiger partial charge in [0, 0.05) is 10.7 Å². The zero-order valence-corrected chi connectivity index (χ0v) is 11.6. The monoisotopic (exact) mass is 319 g/mol. The first-order valence-corrected chi connectivity index (χ1v) is 6.33. The third-order valence-electron chi connectivity index (χ3n) is 2.72. The number of oxazole rings is 1. The standard InChI is InChI=1S/C13H10BrN3O2/c1-18-9-3-2-4-10-11(9)17-13(19-10)8-5-7(14)6-16-12(8)15/h2-6H,1H3,(H2,15,16). The zero-order chi connectivity index (χ0) is 13.4. The van der Waals surface area contributed by atoms with Crippen molar-refractivity contribution >= 4 is 32.8 Å². The Hall–Kier alpha value is -2.08. The highest BCUT2D eigenvalue weighted by Crippen LogP contribution is 2.32.